The minimum atomic E-state index is 0. The van der Waals surface area contributed by atoms with Crippen LogP contribution in [0.1, 0.15) is 30.4 Å². The van der Waals surface area contributed by atoms with Crippen LogP contribution in [-0.2, 0) is 4.79 Å². The first-order chi connectivity index (χ1) is 10.5. The summed E-state index contributed by atoms with van der Waals surface area (Å²) in [6.45, 7) is 5.98. The maximum atomic E-state index is 12.5. The second kappa shape index (κ2) is 8.24. The molecular formula is C17H24BrClN2OS. The summed E-state index contributed by atoms with van der Waals surface area (Å²) in [5.74, 6) is 0.818. The maximum absolute atomic E-state index is 12.5. The molecule has 0 saturated carbocycles. The van der Waals surface area contributed by atoms with Crippen LogP contribution in [0.15, 0.2) is 21.5 Å². The van der Waals surface area contributed by atoms with E-state index in [9.17, 15) is 4.79 Å². The molecule has 1 aromatic rings. The summed E-state index contributed by atoms with van der Waals surface area (Å²) in [6.07, 6.45) is 3.59. The van der Waals surface area contributed by atoms with Gasteiger partial charge in [-0.3, -0.25) is 4.79 Å². The SMILES string of the molecule is Cc1cc(SCC(=O)N2CCC3CCC(C2)N3)c(C)cc1Br.Cl. The van der Waals surface area contributed by atoms with E-state index in [2.05, 4.69) is 52.1 Å². The number of aryl methyl sites for hydroxylation is 2. The molecule has 1 aromatic carbocycles. The van der Waals surface area contributed by atoms with Crippen molar-refractivity contribution in [1.82, 2.24) is 10.2 Å². The fourth-order valence-electron chi connectivity index (χ4n) is 3.31. The highest BCUT2D eigenvalue weighted by Crippen LogP contribution is 2.29. The Labute approximate surface area is 157 Å². The van der Waals surface area contributed by atoms with Gasteiger partial charge in [-0.2, -0.15) is 0 Å². The molecule has 1 N–H and O–H groups in total. The predicted octanol–water partition coefficient (Wildman–Crippen LogP) is 3.93. The molecule has 2 aliphatic rings. The molecule has 2 fully saturated rings. The summed E-state index contributed by atoms with van der Waals surface area (Å²) in [5, 5.41) is 3.63. The van der Waals surface area contributed by atoms with Crippen molar-refractivity contribution in [3.8, 4) is 0 Å². The lowest BCUT2D eigenvalue weighted by Crippen LogP contribution is -2.39. The summed E-state index contributed by atoms with van der Waals surface area (Å²) >= 11 is 5.22. The molecule has 2 unspecified atom stereocenters. The topological polar surface area (TPSA) is 32.3 Å². The van der Waals surface area contributed by atoms with Gasteiger partial charge in [0.15, 0.2) is 0 Å². The number of thioether (sulfide) groups is 1. The molecule has 0 aromatic heterocycles. The van der Waals surface area contributed by atoms with Crippen molar-refractivity contribution in [2.45, 2.75) is 50.1 Å². The van der Waals surface area contributed by atoms with E-state index in [0.717, 1.165) is 24.0 Å². The number of carbonyl (C=O) groups excluding carboxylic acids is 1. The van der Waals surface area contributed by atoms with Gasteiger partial charge in [0.25, 0.3) is 0 Å². The summed E-state index contributed by atoms with van der Waals surface area (Å²) < 4.78 is 1.13. The highest BCUT2D eigenvalue weighted by molar-refractivity contribution is 9.10. The molecule has 2 aliphatic heterocycles. The van der Waals surface area contributed by atoms with Crippen LogP contribution in [0.5, 0.6) is 0 Å². The van der Waals surface area contributed by atoms with Crippen molar-refractivity contribution in [2.75, 3.05) is 18.8 Å². The van der Waals surface area contributed by atoms with Crippen molar-refractivity contribution in [3.05, 3.63) is 27.7 Å². The van der Waals surface area contributed by atoms with Crippen LogP contribution in [0.25, 0.3) is 0 Å². The molecule has 0 radical (unpaired) electrons. The van der Waals surface area contributed by atoms with Crippen LogP contribution < -0.4 is 5.32 Å². The number of benzene rings is 1. The Kier molecular flexibility index (Phi) is 6.84. The van der Waals surface area contributed by atoms with E-state index >= 15 is 0 Å². The number of halogens is 2. The van der Waals surface area contributed by atoms with Gasteiger partial charge in [0.2, 0.25) is 5.91 Å². The first kappa shape index (κ1) is 19.1. The Balaban J connectivity index is 0.00000192. The Morgan fingerprint density at radius 1 is 1.26 bits per heavy atom. The lowest BCUT2D eigenvalue weighted by Gasteiger charge is -2.24. The van der Waals surface area contributed by atoms with Gasteiger partial charge in [0.05, 0.1) is 5.75 Å². The summed E-state index contributed by atoms with van der Waals surface area (Å²) in [6, 6.07) is 5.45. The minimum Gasteiger partial charge on any atom is -0.340 e. The van der Waals surface area contributed by atoms with Gasteiger partial charge < -0.3 is 10.2 Å². The average molecular weight is 420 g/mol. The fraction of sp³-hybridized carbons (Fsp3) is 0.588. The number of likely N-dealkylation sites (tertiary alicyclic amines) is 1. The number of nitrogens with zero attached hydrogens (tertiary/aromatic N) is 1. The highest BCUT2D eigenvalue weighted by Gasteiger charge is 2.30. The van der Waals surface area contributed by atoms with Crippen molar-refractivity contribution < 1.29 is 4.79 Å². The summed E-state index contributed by atoms with van der Waals surface area (Å²) in [5.41, 5.74) is 2.45. The normalized spacial score (nSPS) is 23.3. The van der Waals surface area contributed by atoms with Crippen LogP contribution in [0.2, 0.25) is 0 Å². The van der Waals surface area contributed by atoms with Crippen molar-refractivity contribution in [2.24, 2.45) is 0 Å². The van der Waals surface area contributed by atoms with Gasteiger partial charge in [-0.15, -0.1) is 24.2 Å². The van der Waals surface area contributed by atoms with E-state index in [4.69, 9.17) is 0 Å². The van der Waals surface area contributed by atoms with Crippen LogP contribution in [-0.4, -0.2) is 41.7 Å². The van der Waals surface area contributed by atoms with E-state index in [-0.39, 0.29) is 18.3 Å². The quantitative estimate of drug-likeness (QED) is 0.753. The molecular weight excluding hydrogens is 396 g/mol. The van der Waals surface area contributed by atoms with Crippen molar-refractivity contribution >= 4 is 46.0 Å². The zero-order valence-corrected chi connectivity index (χ0v) is 16.8. The largest absolute Gasteiger partial charge is 0.340 e. The minimum absolute atomic E-state index is 0. The molecule has 23 heavy (non-hydrogen) atoms. The number of hydrogen-bond acceptors (Lipinski definition) is 3. The molecule has 2 bridgehead atoms. The standard InChI is InChI=1S/C17H23BrN2OS.ClH/c1-11-8-16(12(2)7-15(11)18)22-10-17(21)20-6-5-13-3-4-14(9-20)19-13;/h7-8,13-14,19H,3-6,9-10H2,1-2H3;1H. The van der Waals surface area contributed by atoms with Crippen LogP contribution in [0, 0.1) is 13.8 Å². The molecule has 6 heteroatoms. The second-order valence-electron chi connectivity index (χ2n) is 6.42. The maximum Gasteiger partial charge on any atom is 0.232 e. The number of carbonyl (C=O) groups is 1. The highest BCUT2D eigenvalue weighted by atomic mass is 79.9. The molecule has 0 aliphatic carbocycles. The first-order valence-corrected chi connectivity index (χ1v) is 9.74. The first-order valence-electron chi connectivity index (χ1n) is 7.96. The van der Waals surface area contributed by atoms with E-state index < -0.39 is 0 Å². The number of rotatable bonds is 3. The van der Waals surface area contributed by atoms with E-state index in [1.54, 1.807) is 11.8 Å². The summed E-state index contributed by atoms with van der Waals surface area (Å²) in [4.78, 5) is 15.8. The molecule has 0 spiro atoms. The van der Waals surface area contributed by atoms with E-state index in [0.29, 0.717) is 17.8 Å². The van der Waals surface area contributed by atoms with Gasteiger partial charge >= 0.3 is 0 Å². The summed E-state index contributed by atoms with van der Waals surface area (Å²) in [7, 11) is 0. The number of fused-ring (bicyclic) bond motifs is 2. The second-order valence-corrected chi connectivity index (χ2v) is 8.29. The van der Waals surface area contributed by atoms with Crippen LogP contribution in [0.3, 0.4) is 0 Å². The van der Waals surface area contributed by atoms with Gasteiger partial charge in [0, 0.05) is 34.5 Å². The zero-order chi connectivity index (χ0) is 15.7. The third-order valence-corrected chi connectivity index (χ3v) is 6.68. The lowest BCUT2D eigenvalue weighted by atomic mass is 10.1. The Hall–Kier alpha value is -0.230. The molecule has 1 amide bonds. The molecule has 2 saturated heterocycles. The fourth-order valence-corrected chi connectivity index (χ4v) is 4.78. The molecule has 3 rings (SSSR count). The molecule has 128 valence electrons. The number of amides is 1. The smallest absolute Gasteiger partial charge is 0.232 e. The Bertz CT molecular complexity index is 584. The monoisotopic (exact) mass is 418 g/mol. The number of hydrogen-bond donors (Lipinski definition) is 1. The number of nitrogens with one attached hydrogen (secondary N) is 1. The molecule has 2 atom stereocenters. The van der Waals surface area contributed by atoms with Crippen molar-refractivity contribution in [3.63, 3.8) is 0 Å². The van der Waals surface area contributed by atoms with Gasteiger partial charge in [-0.1, -0.05) is 15.9 Å². The van der Waals surface area contributed by atoms with Gasteiger partial charge in [-0.25, -0.2) is 0 Å². The lowest BCUT2D eigenvalue weighted by molar-refractivity contribution is -0.128. The van der Waals surface area contributed by atoms with Gasteiger partial charge in [-0.05, 0) is 56.4 Å². The molecule has 2 heterocycles. The average Bonchev–Trinajstić information content (AvgIpc) is 2.80. The third kappa shape index (κ3) is 4.65. The van der Waals surface area contributed by atoms with Crippen molar-refractivity contribution in [1.29, 1.82) is 0 Å². The van der Waals surface area contributed by atoms with Gasteiger partial charge in [0.1, 0.15) is 0 Å². The third-order valence-electron chi connectivity index (χ3n) is 4.68. The molecule has 3 nitrogen and oxygen atoms in total. The zero-order valence-electron chi connectivity index (χ0n) is 13.6. The predicted molar refractivity (Wildman–Crippen MR) is 103 cm³/mol. The Morgan fingerprint density at radius 2 is 2.00 bits per heavy atom. The van der Waals surface area contributed by atoms with E-state index in [1.165, 1.54) is 28.9 Å². The van der Waals surface area contributed by atoms with Crippen LogP contribution in [0.4, 0.5) is 0 Å². The Morgan fingerprint density at radius 3 is 2.78 bits per heavy atom. The van der Waals surface area contributed by atoms with Crippen LogP contribution >= 0.6 is 40.1 Å². The van der Waals surface area contributed by atoms with E-state index in [1.807, 2.05) is 0 Å².